The topological polar surface area (TPSA) is 64.3 Å². The van der Waals surface area contributed by atoms with Gasteiger partial charge in [-0.1, -0.05) is 56.4 Å². The molecule has 0 saturated heterocycles. The fourth-order valence-corrected chi connectivity index (χ4v) is 1.58. The number of carbonyl (C=O) groups excluding carboxylic acids is 1. The van der Waals surface area contributed by atoms with Gasteiger partial charge in [-0.05, 0) is 5.56 Å². The summed E-state index contributed by atoms with van der Waals surface area (Å²) in [5.41, 5.74) is 6.02. The van der Waals surface area contributed by atoms with Crippen LogP contribution < -0.4 is 11.1 Å². The van der Waals surface area contributed by atoms with Crippen molar-refractivity contribution >= 4 is 23.1 Å². The molecule has 0 aliphatic rings. The Hall–Kier alpha value is -1.46. The van der Waals surface area contributed by atoms with Gasteiger partial charge < -0.3 is 15.8 Å². The van der Waals surface area contributed by atoms with Crippen molar-refractivity contribution in [3.05, 3.63) is 35.9 Å². The molecule has 0 saturated carbocycles. The number of hydrogen-bond acceptors (Lipinski definition) is 3. The number of rotatable bonds is 6. The van der Waals surface area contributed by atoms with Crippen molar-refractivity contribution in [1.29, 1.82) is 0 Å². The lowest BCUT2D eigenvalue weighted by atomic mass is 9.93. The van der Waals surface area contributed by atoms with Crippen LogP contribution in [0.1, 0.15) is 25.5 Å². The number of benzene rings is 1. The number of nitrogens with one attached hydrogen (secondary N) is 1. The summed E-state index contributed by atoms with van der Waals surface area (Å²) in [5, 5.41) is 2.82. The highest BCUT2D eigenvalue weighted by molar-refractivity contribution is 7.80. The number of nitrogens with two attached hydrogens (primary N) is 1. The third-order valence-electron chi connectivity index (χ3n) is 2.95. The lowest BCUT2D eigenvalue weighted by Gasteiger charge is -2.25. The highest BCUT2D eigenvalue weighted by Crippen LogP contribution is 2.18. The SMILES string of the molecule is COC(C(=O)NCC(C)(C)C(N)=S)c1ccccc1. The van der Waals surface area contributed by atoms with Crippen LogP contribution >= 0.6 is 12.2 Å². The molecule has 0 heterocycles. The number of amides is 1. The monoisotopic (exact) mass is 280 g/mol. The van der Waals surface area contributed by atoms with Crippen molar-refractivity contribution in [2.24, 2.45) is 11.1 Å². The van der Waals surface area contributed by atoms with Crippen LogP contribution in [0.2, 0.25) is 0 Å². The van der Waals surface area contributed by atoms with Gasteiger partial charge in [-0.3, -0.25) is 4.79 Å². The van der Waals surface area contributed by atoms with Gasteiger partial charge in [0, 0.05) is 19.1 Å². The lowest BCUT2D eigenvalue weighted by Crippen LogP contribution is -2.43. The molecule has 1 rings (SSSR count). The average molecular weight is 280 g/mol. The quantitative estimate of drug-likeness (QED) is 0.780. The Labute approximate surface area is 119 Å². The average Bonchev–Trinajstić information content (AvgIpc) is 2.38. The van der Waals surface area contributed by atoms with E-state index in [0.717, 1.165) is 5.56 Å². The summed E-state index contributed by atoms with van der Waals surface area (Å²) in [6.07, 6.45) is -0.622. The highest BCUT2D eigenvalue weighted by Gasteiger charge is 2.25. The molecule has 1 aromatic carbocycles. The third-order valence-corrected chi connectivity index (χ3v) is 3.50. The maximum Gasteiger partial charge on any atom is 0.253 e. The Balaban J connectivity index is 2.69. The van der Waals surface area contributed by atoms with Crippen molar-refractivity contribution in [3.63, 3.8) is 0 Å². The second-order valence-corrected chi connectivity index (χ2v) is 5.43. The van der Waals surface area contributed by atoms with Crippen molar-refractivity contribution in [2.75, 3.05) is 13.7 Å². The summed E-state index contributed by atoms with van der Waals surface area (Å²) >= 11 is 4.97. The first-order chi connectivity index (χ1) is 8.88. The van der Waals surface area contributed by atoms with Crippen LogP contribution in [0.5, 0.6) is 0 Å². The Morgan fingerprint density at radius 1 is 1.42 bits per heavy atom. The van der Waals surface area contributed by atoms with E-state index in [9.17, 15) is 4.79 Å². The van der Waals surface area contributed by atoms with Crippen LogP contribution in [0.25, 0.3) is 0 Å². The van der Waals surface area contributed by atoms with E-state index in [4.69, 9.17) is 22.7 Å². The summed E-state index contributed by atoms with van der Waals surface area (Å²) in [5.74, 6) is -0.196. The van der Waals surface area contributed by atoms with E-state index in [2.05, 4.69) is 5.32 Å². The summed E-state index contributed by atoms with van der Waals surface area (Å²) in [6, 6.07) is 9.34. The molecule has 0 aliphatic heterocycles. The van der Waals surface area contributed by atoms with E-state index in [1.165, 1.54) is 7.11 Å². The first-order valence-corrected chi connectivity index (χ1v) is 6.44. The zero-order chi connectivity index (χ0) is 14.5. The zero-order valence-corrected chi connectivity index (χ0v) is 12.3. The van der Waals surface area contributed by atoms with E-state index in [0.29, 0.717) is 11.5 Å². The van der Waals surface area contributed by atoms with E-state index in [1.807, 2.05) is 44.2 Å². The Morgan fingerprint density at radius 3 is 2.47 bits per heavy atom. The second-order valence-electron chi connectivity index (χ2n) is 4.99. The zero-order valence-electron chi connectivity index (χ0n) is 11.5. The minimum Gasteiger partial charge on any atom is -0.393 e. The predicted molar refractivity (Wildman–Crippen MR) is 79.8 cm³/mol. The lowest BCUT2D eigenvalue weighted by molar-refractivity contribution is -0.131. The molecule has 5 heteroatoms. The molecular formula is C14H20N2O2S. The molecule has 3 N–H and O–H groups in total. The second kappa shape index (κ2) is 6.63. The fourth-order valence-electron chi connectivity index (χ4n) is 1.51. The maximum absolute atomic E-state index is 12.1. The molecule has 0 aromatic heterocycles. The van der Waals surface area contributed by atoms with Crippen molar-refractivity contribution < 1.29 is 9.53 Å². The van der Waals surface area contributed by atoms with Gasteiger partial charge in [0.1, 0.15) is 0 Å². The van der Waals surface area contributed by atoms with E-state index in [1.54, 1.807) is 0 Å². The molecular weight excluding hydrogens is 260 g/mol. The van der Waals surface area contributed by atoms with Crippen molar-refractivity contribution in [1.82, 2.24) is 5.32 Å². The molecule has 1 unspecified atom stereocenters. The Morgan fingerprint density at radius 2 is 2.00 bits per heavy atom. The van der Waals surface area contributed by atoms with Crippen LogP contribution in [0, 0.1) is 5.41 Å². The molecule has 0 radical (unpaired) electrons. The molecule has 0 bridgehead atoms. The Bertz CT molecular complexity index is 446. The largest absolute Gasteiger partial charge is 0.393 e. The molecule has 1 amide bonds. The van der Waals surface area contributed by atoms with Crippen molar-refractivity contribution in [2.45, 2.75) is 20.0 Å². The van der Waals surface area contributed by atoms with Crippen LogP contribution in [0.3, 0.4) is 0 Å². The summed E-state index contributed by atoms with van der Waals surface area (Å²) in [7, 11) is 1.51. The molecule has 4 nitrogen and oxygen atoms in total. The van der Waals surface area contributed by atoms with Gasteiger partial charge in [-0.25, -0.2) is 0 Å². The van der Waals surface area contributed by atoms with E-state index >= 15 is 0 Å². The summed E-state index contributed by atoms with van der Waals surface area (Å²) in [6.45, 7) is 4.16. The summed E-state index contributed by atoms with van der Waals surface area (Å²) in [4.78, 5) is 12.5. The first kappa shape index (κ1) is 15.6. The minimum atomic E-state index is -0.622. The van der Waals surface area contributed by atoms with Crippen LogP contribution in [-0.2, 0) is 9.53 Å². The van der Waals surface area contributed by atoms with E-state index < -0.39 is 11.5 Å². The first-order valence-electron chi connectivity index (χ1n) is 6.04. The van der Waals surface area contributed by atoms with Gasteiger partial charge in [0.25, 0.3) is 5.91 Å². The molecule has 19 heavy (non-hydrogen) atoms. The number of thiocarbonyl (C=S) groups is 1. The molecule has 0 aliphatic carbocycles. The minimum absolute atomic E-state index is 0.196. The number of hydrogen-bond donors (Lipinski definition) is 2. The normalized spacial score (nSPS) is 12.8. The van der Waals surface area contributed by atoms with E-state index in [-0.39, 0.29) is 5.91 Å². The van der Waals surface area contributed by atoms with Crippen LogP contribution in [0.15, 0.2) is 30.3 Å². The predicted octanol–water partition coefficient (Wildman–Crippen LogP) is 1.80. The van der Waals surface area contributed by atoms with Gasteiger partial charge in [0.05, 0.1) is 4.99 Å². The number of carbonyl (C=O) groups is 1. The molecule has 1 atom stereocenters. The van der Waals surface area contributed by atoms with Crippen LogP contribution in [0.4, 0.5) is 0 Å². The van der Waals surface area contributed by atoms with Gasteiger partial charge >= 0.3 is 0 Å². The molecule has 0 fully saturated rings. The molecule has 104 valence electrons. The third kappa shape index (κ3) is 4.29. The standard InChI is InChI=1S/C14H20N2O2S/c1-14(2,13(15)19)9-16-12(17)11(18-3)10-7-5-4-6-8-10/h4-8,11H,9H2,1-3H3,(H2,15,19)(H,16,17). The maximum atomic E-state index is 12.1. The van der Waals surface area contributed by atoms with Crippen molar-refractivity contribution in [3.8, 4) is 0 Å². The highest BCUT2D eigenvalue weighted by atomic mass is 32.1. The van der Waals surface area contributed by atoms with Gasteiger partial charge in [0.2, 0.25) is 0 Å². The molecule has 0 spiro atoms. The number of methoxy groups -OCH3 is 1. The number of ether oxygens (including phenoxy) is 1. The summed E-state index contributed by atoms with van der Waals surface area (Å²) < 4.78 is 5.25. The smallest absolute Gasteiger partial charge is 0.253 e. The van der Waals surface area contributed by atoms with Gasteiger partial charge in [0.15, 0.2) is 6.10 Å². The van der Waals surface area contributed by atoms with Gasteiger partial charge in [-0.2, -0.15) is 0 Å². The van der Waals surface area contributed by atoms with Crippen LogP contribution in [-0.4, -0.2) is 24.6 Å². The van der Waals surface area contributed by atoms with Gasteiger partial charge in [-0.15, -0.1) is 0 Å². The fraction of sp³-hybridized carbons (Fsp3) is 0.429. The molecule has 1 aromatic rings. The Kier molecular flexibility index (Phi) is 5.44.